The molecule has 0 saturated carbocycles. The molecule has 0 aliphatic carbocycles. The van der Waals surface area contributed by atoms with Gasteiger partial charge in [0.25, 0.3) is 0 Å². The smallest absolute Gasteiger partial charge is 0.373 e. The van der Waals surface area contributed by atoms with E-state index in [9.17, 15) is 4.79 Å². The molecular formula is C26H27NO6. The number of amides is 1. The summed E-state index contributed by atoms with van der Waals surface area (Å²) in [5.74, 6) is 2.73. The average molecular weight is 450 g/mol. The molecule has 0 fully saturated rings. The Morgan fingerprint density at radius 1 is 0.848 bits per heavy atom. The van der Waals surface area contributed by atoms with Crippen LogP contribution in [-0.2, 0) is 27.2 Å². The van der Waals surface area contributed by atoms with Gasteiger partial charge in [0.15, 0.2) is 11.5 Å². The maximum Gasteiger partial charge on any atom is 0.373 e. The minimum Gasteiger partial charge on any atom is -0.497 e. The van der Waals surface area contributed by atoms with Crippen molar-refractivity contribution in [1.29, 1.82) is 0 Å². The highest BCUT2D eigenvalue weighted by Crippen LogP contribution is 2.32. The Balaban J connectivity index is 0.00000122. The number of carbonyl (C=O) groups is 1. The summed E-state index contributed by atoms with van der Waals surface area (Å²) in [6.45, 7) is 2.60. The second-order valence-electron chi connectivity index (χ2n) is 7.11. The van der Waals surface area contributed by atoms with E-state index < -0.39 is 0 Å². The predicted octanol–water partition coefficient (Wildman–Crippen LogP) is 4.12. The summed E-state index contributed by atoms with van der Waals surface area (Å²) in [6, 6.07) is 21.2. The van der Waals surface area contributed by atoms with E-state index in [2.05, 4.69) is 5.32 Å². The summed E-state index contributed by atoms with van der Waals surface area (Å²) in [4.78, 5) is 28.6. The van der Waals surface area contributed by atoms with Crippen LogP contribution in [0.3, 0.4) is 0 Å². The van der Waals surface area contributed by atoms with Crippen molar-refractivity contribution in [3.63, 3.8) is 0 Å². The highest BCUT2D eigenvalue weighted by molar-refractivity contribution is 5.78. The van der Waals surface area contributed by atoms with Gasteiger partial charge in [-0.3, -0.25) is 4.79 Å². The average Bonchev–Trinajstić information content (AvgIpc) is 2.82. The van der Waals surface area contributed by atoms with Crippen LogP contribution in [0.4, 0.5) is 0 Å². The molecule has 7 nitrogen and oxygen atoms in total. The van der Waals surface area contributed by atoms with Crippen molar-refractivity contribution in [2.24, 2.45) is 0 Å². The third-order valence-corrected chi connectivity index (χ3v) is 4.71. The number of aryl methyl sites for hydroxylation is 1. The fraction of sp³-hybridized carbons (Fsp3) is 0.231. The number of hydrogen-bond acceptors (Lipinski definition) is 6. The van der Waals surface area contributed by atoms with Gasteiger partial charge in [0.05, 0.1) is 20.6 Å². The van der Waals surface area contributed by atoms with Gasteiger partial charge in [-0.1, -0.05) is 35.9 Å². The predicted molar refractivity (Wildman–Crippen MR) is 123 cm³/mol. The highest BCUT2D eigenvalue weighted by atomic mass is 16.5. The summed E-state index contributed by atoms with van der Waals surface area (Å²) < 4.78 is 16.6. The fourth-order valence-corrected chi connectivity index (χ4v) is 3.06. The molecule has 0 aromatic heterocycles. The van der Waals surface area contributed by atoms with Crippen molar-refractivity contribution in [3.05, 3.63) is 83.4 Å². The van der Waals surface area contributed by atoms with Crippen LogP contribution in [-0.4, -0.2) is 32.8 Å². The Hall–Kier alpha value is -4.09. The van der Waals surface area contributed by atoms with Crippen LogP contribution in [0.2, 0.25) is 0 Å². The Morgan fingerprint density at radius 3 is 2.24 bits per heavy atom. The topological polar surface area (TPSA) is 90.9 Å². The molecule has 33 heavy (non-hydrogen) atoms. The van der Waals surface area contributed by atoms with Crippen molar-refractivity contribution >= 4 is 12.1 Å². The zero-order chi connectivity index (χ0) is 24.1. The zero-order valence-corrected chi connectivity index (χ0v) is 18.9. The molecule has 3 aromatic rings. The van der Waals surface area contributed by atoms with Gasteiger partial charge in [-0.25, -0.2) is 0 Å². The second kappa shape index (κ2) is 13.3. The first-order valence-corrected chi connectivity index (χ1v) is 10.3. The molecule has 0 bridgehead atoms. The number of benzene rings is 3. The molecule has 3 aromatic carbocycles. The lowest BCUT2D eigenvalue weighted by atomic mass is 10.1. The van der Waals surface area contributed by atoms with Gasteiger partial charge in [-0.15, -0.1) is 0 Å². The minimum atomic E-state index is -0.0350. The molecule has 0 atom stereocenters. The quantitative estimate of drug-likeness (QED) is 0.528. The van der Waals surface area contributed by atoms with Crippen molar-refractivity contribution in [2.75, 3.05) is 20.8 Å². The Morgan fingerprint density at radius 2 is 1.58 bits per heavy atom. The van der Waals surface area contributed by atoms with Crippen LogP contribution in [0.5, 0.6) is 23.0 Å². The first-order valence-electron chi connectivity index (χ1n) is 10.3. The SMILES string of the molecule is COc1cccc(CCNC(=O)Cc2ccc(Oc3ccc(C)cc3)c(OC)c2)c1.O=C=O. The van der Waals surface area contributed by atoms with Crippen LogP contribution >= 0.6 is 0 Å². The summed E-state index contributed by atoms with van der Waals surface area (Å²) in [5, 5.41) is 2.96. The van der Waals surface area contributed by atoms with Gasteiger partial charge in [0.2, 0.25) is 5.91 Å². The number of hydrogen-bond donors (Lipinski definition) is 1. The van der Waals surface area contributed by atoms with Gasteiger partial charge in [0, 0.05) is 6.54 Å². The van der Waals surface area contributed by atoms with E-state index in [-0.39, 0.29) is 18.5 Å². The zero-order valence-electron chi connectivity index (χ0n) is 18.9. The Bertz CT molecular complexity index is 1070. The Kier molecular flexibility index (Phi) is 10.2. The molecule has 0 aliphatic heterocycles. The summed E-state index contributed by atoms with van der Waals surface area (Å²) in [6.07, 6.45) is 1.27. The van der Waals surface area contributed by atoms with Crippen molar-refractivity contribution in [3.8, 4) is 23.0 Å². The lowest BCUT2D eigenvalue weighted by Crippen LogP contribution is -2.27. The third-order valence-electron chi connectivity index (χ3n) is 4.71. The molecule has 3 rings (SSSR count). The highest BCUT2D eigenvalue weighted by Gasteiger charge is 2.10. The molecule has 0 heterocycles. The fourth-order valence-electron chi connectivity index (χ4n) is 3.06. The molecule has 0 saturated heterocycles. The second-order valence-corrected chi connectivity index (χ2v) is 7.11. The number of nitrogens with one attached hydrogen (secondary N) is 1. The van der Waals surface area contributed by atoms with Crippen molar-refractivity contribution in [1.82, 2.24) is 5.32 Å². The summed E-state index contributed by atoms with van der Waals surface area (Å²) >= 11 is 0. The van der Waals surface area contributed by atoms with Gasteiger partial charge in [-0.05, 0) is 60.9 Å². The van der Waals surface area contributed by atoms with E-state index in [0.29, 0.717) is 18.0 Å². The first kappa shape index (κ1) is 25.2. The Labute approximate surface area is 193 Å². The van der Waals surface area contributed by atoms with Crippen LogP contribution in [0.1, 0.15) is 16.7 Å². The maximum atomic E-state index is 12.3. The van der Waals surface area contributed by atoms with Crippen molar-refractivity contribution < 1.29 is 28.6 Å². The summed E-state index contributed by atoms with van der Waals surface area (Å²) in [7, 11) is 3.24. The molecule has 0 spiro atoms. The van der Waals surface area contributed by atoms with Gasteiger partial charge in [0.1, 0.15) is 11.5 Å². The van der Waals surface area contributed by atoms with E-state index in [1.54, 1.807) is 14.2 Å². The molecule has 1 N–H and O–H groups in total. The normalized spacial score (nSPS) is 9.67. The van der Waals surface area contributed by atoms with E-state index >= 15 is 0 Å². The number of carbonyl (C=O) groups excluding carboxylic acids is 3. The molecular weight excluding hydrogens is 422 g/mol. The number of ether oxygens (including phenoxy) is 3. The molecule has 0 unspecified atom stereocenters. The number of methoxy groups -OCH3 is 2. The van der Waals surface area contributed by atoms with Crippen molar-refractivity contribution in [2.45, 2.75) is 19.8 Å². The monoisotopic (exact) mass is 449 g/mol. The summed E-state index contributed by atoms with van der Waals surface area (Å²) in [5.41, 5.74) is 3.15. The van der Waals surface area contributed by atoms with Gasteiger partial charge < -0.3 is 19.5 Å². The molecule has 172 valence electrons. The van der Waals surface area contributed by atoms with Crippen LogP contribution < -0.4 is 19.5 Å². The van der Waals surface area contributed by atoms with E-state index in [1.165, 1.54) is 5.56 Å². The van der Waals surface area contributed by atoms with Crippen LogP contribution in [0.15, 0.2) is 66.7 Å². The van der Waals surface area contributed by atoms with Gasteiger partial charge in [-0.2, -0.15) is 9.59 Å². The first-order chi connectivity index (χ1) is 16.0. The standard InChI is InChI=1S/C25H27NO4.CO2/c1-18-7-10-21(11-8-18)30-23-12-9-20(16-24(23)29-3)17-25(27)26-14-13-19-5-4-6-22(15-19)28-2;2-1-3/h4-12,15-16H,13-14,17H2,1-3H3,(H,26,27);. The largest absolute Gasteiger partial charge is 0.497 e. The molecule has 1 amide bonds. The van der Waals surface area contributed by atoms with E-state index in [0.717, 1.165) is 29.0 Å². The van der Waals surface area contributed by atoms with E-state index in [4.69, 9.17) is 23.8 Å². The minimum absolute atomic E-state index is 0.0350. The lowest BCUT2D eigenvalue weighted by Gasteiger charge is -2.12. The molecule has 0 aliphatic rings. The van der Waals surface area contributed by atoms with E-state index in [1.807, 2.05) is 73.7 Å². The third kappa shape index (κ3) is 8.51. The van der Waals surface area contributed by atoms with Crippen LogP contribution in [0.25, 0.3) is 0 Å². The van der Waals surface area contributed by atoms with Gasteiger partial charge >= 0.3 is 6.15 Å². The lowest BCUT2D eigenvalue weighted by molar-refractivity contribution is -0.191. The molecule has 7 heteroatoms. The van der Waals surface area contributed by atoms with Crippen LogP contribution in [0, 0.1) is 6.92 Å². The molecule has 0 radical (unpaired) electrons. The maximum absolute atomic E-state index is 12.3. The number of rotatable bonds is 9.